The number of imidazole rings is 1. The number of fused-ring (bicyclic) bond motifs is 5. The van der Waals surface area contributed by atoms with Crippen molar-refractivity contribution in [3.63, 3.8) is 0 Å². The Balaban J connectivity index is 0.799. The third-order valence-corrected chi connectivity index (χ3v) is 18.5. The Labute approximate surface area is 454 Å². The first-order chi connectivity index (χ1) is 36.5. The minimum absolute atomic E-state index is 0.0385. The van der Waals surface area contributed by atoms with Crippen molar-refractivity contribution >= 4 is 72.6 Å². The summed E-state index contributed by atoms with van der Waals surface area (Å²) < 4.78 is 39.2. The van der Waals surface area contributed by atoms with Crippen LogP contribution >= 0.6 is 27.3 Å². The summed E-state index contributed by atoms with van der Waals surface area (Å²) in [5.74, 6) is -0.554. The Kier molecular flexibility index (Phi) is 15.0. The lowest BCUT2D eigenvalue weighted by molar-refractivity contribution is -0.147. The summed E-state index contributed by atoms with van der Waals surface area (Å²) in [4.78, 5) is 69.5. The second-order valence-corrected chi connectivity index (χ2v) is 24.7. The van der Waals surface area contributed by atoms with Gasteiger partial charge in [0.05, 0.1) is 76.6 Å². The number of β-amino-alcohol motifs (C(OH)–C–C–N with tert-alkyl or cyclic N) is 1. The fraction of sp³-hybridized carbons (Fsp3) is 0.552. The van der Waals surface area contributed by atoms with E-state index < -0.39 is 52.8 Å². The van der Waals surface area contributed by atoms with E-state index in [0.717, 1.165) is 107 Å². The maximum Gasteiger partial charge on any atom is 0.283 e. The Bertz CT molecular complexity index is 3200. The number of benzene rings is 3. The molecule has 0 radical (unpaired) electrons. The number of aryl methyl sites for hydroxylation is 1. The summed E-state index contributed by atoms with van der Waals surface area (Å²) in [5.41, 5.74) is 5.79. The quantitative estimate of drug-likeness (QED) is 0.0835. The molecule has 3 aliphatic heterocycles. The summed E-state index contributed by atoms with van der Waals surface area (Å²) in [6.07, 6.45) is 6.08. The van der Waals surface area contributed by atoms with Gasteiger partial charge in [0, 0.05) is 54.9 Å². The minimum Gasteiger partial charge on any atom is -0.488 e. The molecule has 0 bridgehead atoms. The van der Waals surface area contributed by atoms with Gasteiger partial charge in [0.1, 0.15) is 17.9 Å². The number of aromatic nitrogens is 4. The molecule has 1 unspecified atom stereocenters. The van der Waals surface area contributed by atoms with Gasteiger partial charge in [-0.3, -0.25) is 23.6 Å². The van der Waals surface area contributed by atoms with Crippen molar-refractivity contribution in [3.8, 4) is 16.2 Å². The highest BCUT2D eigenvalue weighted by molar-refractivity contribution is 9.10. The number of carbonyl (C=O) groups is 3. The molecule has 5 atom stereocenters. The molecule has 5 fully saturated rings. The van der Waals surface area contributed by atoms with Crippen LogP contribution in [0.3, 0.4) is 0 Å². The number of ketones is 1. The third kappa shape index (κ3) is 10.6. The van der Waals surface area contributed by atoms with Gasteiger partial charge in [-0.05, 0) is 121 Å². The van der Waals surface area contributed by atoms with Gasteiger partial charge in [-0.2, -0.15) is 4.98 Å². The van der Waals surface area contributed by atoms with Crippen molar-refractivity contribution in [2.75, 3.05) is 52.6 Å². The van der Waals surface area contributed by atoms with E-state index in [9.17, 15) is 28.7 Å². The molecule has 404 valence electrons. The summed E-state index contributed by atoms with van der Waals surface area (Å²) >= 11 is 5.21. The maximum absolute atomic E-state index is 14.9. The number of piperidine rings is 1. The summed E-state index contributed by atoms with van der Waals surface area (Å²) in [7, 11) is 0. The van der Waals surface area contributed by atoms with Crippen molar-refractivity contribution in [2.45, 2.75) is 140 Å². The van der Waals surface area contributed by atoms with Crippen LogP contribution in [0.2, 0.25) is 0 Å². The number of Topliss-reactive ketones (excluding diaryl/α,β-unsaturated/α-hetero) is 1. The number of alkyl halides is 1. The molecule has 5 aliphatic rings. The van der Waals surface area contributed by atoms with Crippen molar-refractivity contribution in [1.29, 1.82) is 0 Å². The monoisotopic (exact) mass is 1120 g/mol. The van der Waals surface area contributed by atoms with Crippen LogP contribution in [0.15, 0.2) is 69.4 Å². The maximum atomic E-state index is 14.9. The van der Waals surface area contributed by atoms with Gasteiger partial charge in [-0.1, -0.05) is 63.9 Å². The molecule has 0 spiro atoms. The molecule has 76 heavy (non-hydrogen) atoms. The number of likely N-dealkylation sites (tertiary alicyclic amines) is 2. The SMILES string of the molecule is Cc1ncsc1-c1ccc([C@H](COCCN2CCC(c3cc4c(cc3OC3CCOC3)n3c5cccc(Br)c5c(=O)nc3n4C3CCCC3)CC2)NC(=O)[C@@H]2C[C@@H](O)CN2C(=O)[C@@H](CC(=O)C2(F)CC2)C(C)(C)C)cc1. The van der Waals surface area contributed by atoms with Gasteiger partial charge in [0.15, 0.2) is 11.5 Å². The fourth-order valence-corrected chi connectivity index (χ4v) is 13.6. The van der Waals surface area contributed by atoms with Gasteiger partial charge in [-0.15, -0.1) is 11.3 Å². The molecule has 2 amide bonds. The first-order valence-corrected chi connectivity index (χ1v) is 29.0. The van der Waals surface area contributed by atoms with Gasteiger partial charge < -0.3 is 39.0 Å². The number of aliphatic hydroxyl groups is 1. The number of rotatable bonds is 17. The molecule has 3 saturated heterocycles. The largest absolute Gasteiger partial charge is 0.488 e. The predicted octanol–water partition coefficient (Wildman–Crippen LogP) is 9.42. The van der Waals surface area contributed by atoms with E-state index in [1.807, 2.05) is 75.7 Å². The third-order valence-electron chi connectivity index (χ3n) is 16.8. The van der Waals surface area contributed by atoms with Gasteiger partial charge in [0.2, 0.25) is 17.6 Å². The summed E-state index contributed by atoms with van der Waals surface area (Å²) in [5, 5.41) is 14.7. The normalized spacial score (nSPS) is 22.2. The molecule has 11 rings (SSSR count). The molecular formula is C58H69BrFN7O8S. The topological polar surface area (TPSA) is 170 Å². The van der Waals surface area contributed by atoms with Gasteiger partial charge in [0.25, 0.3) is 5.56 Å². The zero-order valence-corrected chi connectivity index (χ0v) is 46.3. The van der Waals surface area contributed by atoms with E-state index in [-0.39, 0.29) is 62.5 Å². The first kappa shape index (κ1) is 52.9. The highest BCUT2D eigenvalue weighted by Gasteiger charge is 2.53. The molecule has 18 heteroatoms. The van der Waals surface area contributed by atoms with Gasteiger partial charge >= 0.3 is 0 Å². The van der Waals surface area contributed by atoms with E-state index in [0.29, 0.717) is 37.5 Å². The zero-order chi connectivity index (χ0) is 53.0. The van der Waals surface area contributed by atoms with Gasteiger partial charge in [-0.25, -0.2) is 9.37 Å². The average Bonchev–Trinajstić information content (AvgIpc) is 4.18. The number of carbonyl (C=O) groups excluding carboxylic acids is 3. The van der Waals surface area contributed by atoms with Crippen molar-refractivity contribution in [2.24, 2.45) is 11.3 Å². The second-order valence-electron chi connectivity index (χ2n) is 23.0. The van der Waals surface area contributed by atoms with Crippen LogP contribution in [0.5, 0.6) is 5.75 Å². The van der Waals surface area contributed by atoms with E-state index in [1.54, 1.807) is 11.3 Å². The summed E-state index contributed by atoms with van der Waals surface area (Å²) in [6.45, 7) is 11.6. The van der Waals surface area contributed by atoms with Crippen molar-refractivity contribution in [1.82, 2.24) is 34.1 Å². The number of nitrogens with zero attached hydrogens (tertiary/aromatic N) is 6. The van der Waals surface area contributed by atoms with Crippen LogP contribution in [-0.4, -0.2) is 128 Å². The van der Waals surface area contributed by atoms with E-state index >= 15 is 0 Å². The van der Waals surface area contributed by atoms with Crippen LogP contribution in [0.4, 0.5) is 4.39 Å². The fourth-order valence-electron chi connectivity index (χ4n) is 12.2. The second kappa shape index (κ2) is 21.6. The number of aliphatic hydroxyl groups excluding tert-OH is 1. The standard InChI is InChI=1S/C58H69BrFN7O8S/c1-34-52(76-33-61-34)37-14-12-36(13-15-37)44(62-53(70)48-26-39(68)30-65(48)55(72)42(57(2,3)4)28-50(69)58(60)19-20-58)32-74-25-23-64-21-16-35(17-22-64)41-27-46-47(29-49(41)75-40-18-24-73-31-40)67-45-11-7-10-43(59)51(45)54(71)63-56(67)66(46)38-8-5-6-9-38/h7,10-15,27,29,33,35,38-40,42,44,48,68H,5-6,8-9,16-26,28,30-32H2,1-4H3,(H,62,70)/t39-,40?,42-,44+,48+/m1/s1. The minimum atomic E-state index is -1.88. The highest BCUT2D eigenvalue weighted by Crippen LogP contribution is 2.45. The lowest BCUT2D eigenvalue weighted by Crippen LogP contribution is -2.51. The predicted molar refractivity (Wildman–Crippen MR) is 294 cm³/mol. The van der Waals surface area contributed by atoms with Crippen LogP contribution in [0.1, 0.15) is 126 Å². The Morgan fingerprint density at radius 1 is 1.01 bits per heavy atom. The molecule has 6 aromatic rings. The van der Waals surface area contributed by atoms with E-state index in [4.69, 9.17) is 19.2 Å². The lowest BCUT2D eigenvalue weighted by atomic mass is 9.76. The smallest absolute Gasteiger partial charge is 0.283 e. The molecule has 6 heterocycles. The average molecular weight is 1120 g/mol. The number of hydrogen-bond acceptors (Lipinski definition) is 12. The zero-order valence-electron chi connectivity index (χ0n) is 43.9. The van der Waals surface area contributed by atoms with Crippen LogP contribution in [0, 0.1) is 18.3 Å². The molecule has 3 aromatic carbocycles. The molecular weight excluding hydrogens is 1050 g/mol. The highest BCUT2D eigenvalue weighted by atomic mass is 79.9. The number of nitrogens with one attached hydrogen (secondary N) is 1. The molecule has 2 N–H and O–H groups in total. The van der Waals surface area contributed by atoms with E-state index in [1.165, 1.54) is 10.5 Å². The Morgan fingerprint density at radius 3 is 2.46 bits per heavy atom. The molecule has 2 saturated carbocycles. The van der Waals surface area contributed by atoms with Crippen LogP contribution in [0.25, 0.3) is 38.2 Å². The lowest BCUT2D eigenvalue weighted by Gasteiger charge is -2.35. The summed E-state index contributed by atoms with van der Waals surface area (Å²) in [6, 6.07) is 17.0. The van der Waals surface area contributed by atoms with Crippen molar-refractivity contribution < 1.29 is 38.1 Å². The first-order valence-electron chi connectivity index (χ1n) is 27.3. The van der Waals surface area contributed by atoms with Crippen LogP contribution < -0.4 is 15.6 Å². The number of thiazole rings is 1. The van der Waals surface area contributed by atoms with E-state index in [2.05, 4.69) is 52.2 Å². The number of amides is 2. The number of halogens is 2. The molecule has 15 nitrogen and oxygen atoms in total. The molecule has 2 aliphatic carbocycles. The Hall–Kier alpha value is -5.11. The van der Waals surface area contributed by atoms with Crippen molar-refractivity contribution in [3.05, 3.63) is 91.8 Å². The number of hydrogen-bond donors (Lipinski definition) is 2. The number of ether oxygens (including phenoxy) is 3. The molecule has 3 aromatic heterocycles. The Morgan fingerprint density at radius 2 is 1.78 bits per heavy atom. The van der Waals surface area contributed by atoms with Crippen LogP contribution in [-0.2, 0) is 23.9 Å².